The first-order valence-corrected chi connectivity index (χ1v) is 6.25. The van der Waals surface area contributed by atoms with Crippen LogP contribution in [0.5, 0.6) is 0 Å². The van der Waals surface area contributed by atoms with Gasteiger partial charge in [-0.1, -0.05) is 6.07 Å². The van der Waals surface area contributed by atoms with E-state index in [0.29, 0.717) is 5.82 Å². The van der Waals surface area contributed by atoms with E-state index in [-0.39, 0.29) is 12.2 Å². The minimum atomic E-state index is -1.07. The minimum absolute atomic E-state index is 0.0231. The maximum Gasteiger partial charge on any atom is 0.354 e. The van der Waals surface area contributed by atoms with Crippen molar-refractivity contribution in [2.24, 2.45) is 0 Å². The number of aliphatic hydroxyl groups excluding tert-OH is 1. The molecule has 94 valence electrons. The molecule has 0 amide bonds. The van der Waals surface area contributed by atoms with Crippen LogP contribution in [0.2, 0.25) is 0 Å². The van der Waals surface area contributed by atoms with E-state index in [1.807, 2.05) is 16.8 Å². The number of hydrogen-bond donors (Lipinski definition) is 3. The quantitative estimate of drug-likeness (QED) is 0.769. The number of aliphatic hydroxyl groups is 1. The monoisotopic (exact) mass is 264 g/mol. The predicted octanol–water partition coefficient (Wildman–Crippen LogP) is 1.99. The Morgan fingerprint density at radius 1 is 1.44 bits per heavy atom. The average Bonchev–Trinajstić information content (AvgIpc) is 2.90. The second-order valence-corrected chi connectivity index (χ2v) is 4.45. The third-order valence-electron chi connectivity index (χ3n) is 2.37. The zero-order chi connectivity index (χ0) is 13.0. The zero-order valence-corrected chi connectivity index (χ0v) is 10.2. The lowest BCUT2D eigenvalue weighted by molar-refractivity contribution is 0.0690. The Balaban J connectivity index is 1.98. The Morgan fingerprint density at radius 3 is 2.94 bits per heavy atom. The summed E-state index contributed by atoms with van der Waals surface area (Å²) in [6.07, 6.45) is -0.633. The summed E-state index contributed by atoms with van der Waals surface area (Å²) in [4.78, 5) is 14.6. The molecule has 0 saturated heterocycles. The van der Waals surface area contributed by atoms with Gasteiger partial charge in [-0.05, 0) is 34.5 Å². The SMILES string of the molecule is O=C(O)c1cccc(NCC(O)c2ccsc2)n1. The van der Waals surface area contributed by atoms with Crippen LogP contribution in [-0.2, 0) is 0 Å². The molecule has 3 N–H and O–H groups in total. The number of anilines is 1. The van der Waals surface area contributed by atoms with Gasteiger partial charge in [0.15, 0.2) is 5.69 Å². The van der Waals surface area contributed by atoms with Crippen LogP contribution in [0.4, 0.5) is 5.82 Å². The number of rotatable bonds is 5. The van der Waals surface area contributed by atoms with Crippen molar-refractivity contribution in [2.45, 2.75) is 6.10 Å². The van der Waals surface area contributed by atoms with E-state index in [2.05, 4.69) is 10.3 Å². The standard InChI is InChI=1S/C12H12N2O3S/c15-10(8-4-5-18-7-8)6-13-11-3-1-2-9(14-11)12(16)17/h1-5,7,10,15H,6H2,(H,13,14)(H,16,17). The van der Waals surface area contributed by atoms with Gasteiger partial charge in [0.05, 0.1) is 6.10 Å². The molecule has 0 aromatic carbocycles. The van der Waals surface area contributed by atoms with Gasteiger partial charge in [-0.3, -0.25) is 0 Å². The molecule has 6 heteroatoms. The number of aromatic carboxylic acids is 1. The van der Waals surface area contributed by atoms with E-state index < -0.39 is 12.1 Å². The van der Waals surface area contributed by atoms with Crippen molar-refractivity contribution in [1.82, 2.24) is 4.98 Å². The Bertz CT molecular complexity index is 528. The molecule has 0 aliphatic rings. The molecule has 5 nitrogen and oxygen atoms in total. The lowest BCUT2D eigenvalue weighted by atomic mass is 10.2. The largest absolute Gasteiger partial charge is 0.477 e. The van der Waals surface area contributed by atoms with Crippen LogP contribution in [0.25, 0.3) is 0 Å². The Labute approximate surface area is 108 Å². The molecule has 0 radical (unpaired) electrons. The molecule has 2 rings (SSSR count). The summed E-state index contributed by atoms with van der Waals surface area (Å²) < 4.78 is 0. The lowest BCUT2D eigenvalue weighted by Crippen LogP contribution is -2.13. The molecule has 0 fully saturated rings. The Hall–Kier alpha value is -1.92. The van der Waals surface area contributed by atoms with E-state index in [9.17, 15) is 9.90 Å². The topological polar surface area (TPSA) is 82.5 Å². The highest BCUT2D eigenvalue weighted by Crippen LogP contribution is 2.16. The Morgan fingerprint density at radius 2 is 2.28 bits per heavy atom. The van der Waals surface area contributed by atoms with Crippen LogP contribution in [0.1, 0.15) is 22.2 Å². The number of nitrogens with zero attached hydrogens (tertiary/aromatic N) is 1. The van der Waals surface area contributed by atoms with Crippen LogP contribution in [0.15, 0.2) is 35.0 Å². The highest BCUT2D eigenvalue weighted by atomic mass is 32.1. The summed E-state index contributed by atoms with van der Waals surface area (Å²) in [5.74, 6) is -0.638. The smallest absolute Gasteiger partial charge is 0.354 e. The number of carboxylic acid groups (broad SMARTS) is 1. The first-order valence-electron chi connectivity index (χ1n) is 5.31. The maximum absolute atomic E-state index is 10.7. The summed E-state index contributed by atoms with van der Waals surface area (Å²) in [6, 6.07) is 6.53. The van der Waals surface area contributed by atoms with E-state index in [4.69, 9.17) is 5.11 Å². The Kier molecular flexibility index (Phi) is 3.91. The average molecular weight is 264 g/mol. The lowest BCUT2D eigenvalue weighted by Gasteiger charge is -2.11. The van der Waals surface area contributed by atoms with Gasteiger partial charge in [-0.15, -0.1) is 0 Å². The van der Waals surface area contributed by atoms with Crippen molar-refractivity contribution < 1.29 is 15.0 Å². The van der Waals surface area contributed by atoms with Crippen molar-refractivity contribution in [3.8, 4) is 0 Å². The van der Waals surface area contributed by atoms with Gasteiger partial charge in [0.25, 0.3) is 0 Å². The molecule has 0 aliphatic heterocycles. The fourth-order valence-electron chi connectivity index (χ4n) is 1.44. The summed E-state index contributed by atoms with van der Waals surface area (Å²) >= 11 is 1.51. The summed E-state index contributed by atoms with van der Waals surface area (Å²) in [5, 5.41) is 25.3. The van der Waals surface area contributed by atoms with Gasteiger partial charge in [0.1, 0.15) is 5.82 Å². The molecule has 0 saturated carbocycles. The fourth-order valence-corrected chi connectivity index (χ4v) is 2.14. The maximum atomic E-state index is 10.7. The van der Waals surface area contributed by atoms with E-state index in [0.717, 1.165) is 5.56 Å². The van der Waals surface area contributed by atoms with Gasteiger partial charge >= 0.3 is 5.97 Å². The molecule has 0 spiro atoms. The molecular formula is C12H12N2O3S. The molecular weight excluding hydrogens is 252 g/mol. The van der Waals surface area contributed by atoms with Gasteiger partial charge in [0, 0.05) is 6.54 Å². The molecule has 1 unspecified atom stereocenters. The number of nitrogens with one attached hydrogen (secondary N) is 1. The van der Waals surface area contributed by atoms with Crippen LogP contribution in [-0.4, -0.2) is 27.7 Å². The van der Waals surface area contributed by atoms with Gasteiger partial charge in [-0.25, -0.2) is 9.78 Å². The van der Waals surface area contributed by atoms with Crippen LogP contribution in [0.3, 0.4) is 0 Å². The normalized spacial score (nSPS) is 12.1. The van der Waals surface area contributed by atoms with E-state index >= 15 is 0 Å². The van der Waals surface area contributed by atoms with Crippen molar-refractivity contribution in [2.75, 3.05) is 11.9 Å². The van der Waals surface area contributed by atoms with Gasteiger partial charge < -0.3 is 15.5 Å². The van der Waals surface area contributed by atoms with Crippen LogP contribution >= 0.6 is 11.3 Å². The first-order chi connectivity index (χ1) is 8.66. The number of pyridine rings is 1. The molecule has 18 heavy (non-hydrogen) atoms. The van der Waals surface area contributed by atoms with E-state index in [1.165, 1.54) is 17.4 Å². The minimum Gasteiger partial charge on any atom is -0.477 e. The fraction of sp³-hybridized carbons (Fsp3) is 0.167. The van der Waals surface area contributed by atoms with Crippen LogP contribution in [0, 0.1) is 0 Å². The zero-order valence-electron chi connectivity index (χ0n) is 9.41. The van der Waals surface area contributed by atoms with E-state index in [1.54, 1.807) is 12.1 Å². The third kappa shape index (κ3) is 3.06. The van der Waals surface area contributed by atoms with Crippen molar-refractivity contribution in [3.63, 3.8) is 0 Å². The van der Waals surface area contributed by atoms with Crippen molar-refractivity contribution >= 4 is 23.1 Å². The summed E-state index contributed by atoms with van der Waals surface area (Å²) in [6.45, 7) is 0.285. The van der Waals surface area contributed by atoms with Gasteiger partial charge in [0.2, 0.25) is 0 Å². The molecule has 1 atom stereocenters. The number of aromatic nitrogens is 1. The second kappa shape index (κ2) is 5.61. The highest BCUT2D eigenvalue weighted by molar-refractivity contribution is 7.07. The summed E-state index contributed by atoms with van der Waals surface area (Å²) in [5.41, 5.74) is 0.812. The van der Waals surface area contributed by atoms with Crippen molar-refractivity contribution in [3.05, 3.63) is 46.3 Å². The number of carbonyl (C=O) groups is 1. The molecule has 2 aromatic rings. The van der Waals surface area contributed by atoms with Gasteiger partial charge in [-0.2, -0.15) is 11.3 Å². The second-order valence-electron chi connectivity index (χ2n) is 3.67. The summed E-state index contributed by atoms with van der Waals surface area (Å²) in [7, 11) is 0. The predicted molar refractivity (Wildman–Crippen MR) is 69.0 cm³/mol. The third-order valence-corrected chi connectivity index (χ3v) is 3.07. The molecule has 0 aliphatic carbocycles. The molecule has 0 bridgehead atoms. The number of carboxylic acids is 1. The van der Waals surface area contributed by atoms with Crippen LogP contribution < -0.4 is 5.32 Å². The highest BCUT2D eigenvalue weighted by Gasteiger charge is 2.09. The van der Waals surface area contributed by atoms with Crippen molar-refractivity contribution in [1.29, 1.82) is 0 Å². The first kappa shape index (κ1) is 12.5. The molecule has 2 heterocycles. The molecule has 2 aromatic heterocycles. The number of hydrogen-bond acceptors (Lipinski definition) is 5. The number of thiophene rings is 1.